The summed E-state index contributed by atoms with van der Waals surface area (Å²) >= 11 is 0. The van der Waals surface area contributed by atoms with E-state index in [1.165, 1.54) is 12.0 Å². The minimum Gasteiger partial charge on any atom is -0.507 e. The largest absolute Gasteiger partial charge is 0.507 e. The van der Waals surface area contributed by atoms with Crippen molar-refractivity contribution in [1.82, 2.24) is 4.90 Å². The van der Waals surface area contributed by atoms with Gasteiger partial charge in [0, 0.05) is 12.1 Å². The van der Waals surface area contributed by atoms with Gasteiger partial charge in [-0.15, -0.1) is 0 Å². The smallest absolute Gasteiger partial charge is 0.295 e. The van der Waals surface area contributed by atoms with Gasteiger partial charge in [0.25, 0.3) is 11.7 Å². The number of nitrogens with zero attached hydrogens (tertiary/aromatic N) is 1. The zero-order valence-electron chi connectivity index (χ0n) is 23.7. The second-order valence-corrected chi connectivity index (χ2v) is 10.3. The lowest BCUT2D eigenvalue weighted by molar-refractivity contribution is -0.139. The summed E-state index contributed by atoms with van der Waals surface area (Å²) in [6.45, 7) is 1.42. The molecule has 6 rings (SSSR count). The number of methoxy groups -OCH3 is 1. The Labute approximate surface area is 249 Å². The van der Waals surface area contributed by atoms with E-state index in [4.69, 9.17) is 18.9 Å². The van der Waals surface area contributed by atoms with Gasteiger partial charge in [-0.2, -0.15) is 0 Å². The lowest BCUT2D eigenvalue weighted by atomic mass is 9.94. The molecule has 8 heteroatoms. The van der Waals surface area contributed by atoms with Gasteiger partial charge in [0.15, 0.2) is 23.0 Å². The van der Waals surface area contributed by atoms with Crippen LogP contribution in [-0.4, -0.2) is 48.6 Å². The predicted molar refractivity (Wildman–Crippen MR) is 160 cm³/mol. The second-order valence-electron chi connectivity index (χ2n) is 10.3. The van der Waals surface area contributed by atoms with Crippen molar-refractivity contribution < 1.29 is 33.6 Å². The van der Waals surface area contributed by atoms with E-state index >= 15 is 0 Å². The third-order valence-corrected chi connectivity index (χ3v) is 7.58. The fourth-order valence-electron chi connectivity index (χ4n) is 5.41. The van der Waals surface area contributed by atoms with Gasteiger partial charge < -0.3 is 29.0 Å². The molecule has 2 heterocycles. The molecule has 4 aromatic rings. The number of aliphatic hydroxyl groups excluding tert-OH is 1. The number of benzene rings is 4. The zero-order chi connectivity index (χ0) is 29.8. The Morgan fingerprint density at radius 1 is 0.837 bits per heavy atom. The number of rotatable bonds is 9. The average molecular weight is 578 g/mol. The standard InChI is InChI=1S/C35H31NO7/c1-40-29-20-25(12-14-27(29)43-22-24-10-6-3-7-11-24)32-31(33(37)26-13-15-28-30(21-26)42-19-18-41-28)34(38)35(39)36(32)17-16-23-8-4-2-5-9-23/h2-15,20-21,32,37H,16-19,22H2,1H3/b33-31-. The van der Waals surface area contributed by atoms with Crippen molar-refractivity contribution >= 4 is 17.4 Å². The van der Waals surface area contributed by atoms with Gasteiger partial charge in [-0.3, -0.25) is 9.59 Å². The van der Waals surface area contributed by atoms with Crippen LogP contribution in [0.5, 0.6) is 23.0 Å². The summed E-state index contributed by atoms with van der Waals surface area (Å²) in [7, 11) is 1.54. The molecule has 2 aliphatic rings. The molecule has 0 aromatic heterocycles. The summed E-state index contributed by atoms with van der Waals surface area (Å²) < 4.78 is 23.0. The maximum Gasteiger partial charge on any atom is 0.295 e. The highest BCUT2D eigenvalue weighted by Crippen LogP contribution is 2.43. The van der Waals surface area contributed by atoms with Gasteiger partial charge in [0.2, 0.25) is 0 Å². The lowest BCUT2D eigenvalue weighted by Gasteiger charge is -2.26. The molecule has 0 aliphatic carbocycles. The number of fused-ring (bicyclic) bond motifs is 1. The Hall–Kier alpha value is -5.24. The SMILES string of the molecule is COc1cc(C2/C(=C(/O)c3ccc4c(c3)OCCO4)C(=O)C(=O)N2CCc2ccccc2)ccc1OCc1ccccc1. The second kappa shape index (κ2) is 12.3. The summed E-state index contributed by atoms with van der Waals surface area (Å²) in [6, 6.07) is 28.9. The first-order valence-electron chi connectivity index (χ1n) is 14.1. The van der Waals surface area contributed by atoms with Crippen molar-refractivity contribution in [3.05, 3.63) is 125 Å². The monoisotopic (exact) mass is 577 g/mol. The minimum atomic E-state index is -0.853. The first kappa shape index (κ1) is 27.9. The van der Waals surface area contributed by atoms with Gasteiger partial charge in [-0.1, -0.05) is 66.7 Å². The van der Waals surface area contributed by atoms with Crippen LogP contribution in [0.15, 0.2) is 103 Å². The molecule has 1 fully saturated rings. The molecule has 0 radical (unpaired) electrons. The number of hydrogen-bond acceptors (Lipinski definition) is 7. The molecular weight excluding hydrogens is 546 g/mol. The number of hydrogen-bond donors (Lipinski definition) is 1. The number of ether oxygens (including phenoxy) is 4. The molecule has 2 aliphatic heterocycles. The fourth-order valence-corrected chi connectivity index (χ4v) is 5.41. The molecule has 1 saturated heterocycles. The molecule has 4 aromatic carbocycles. The number of aliphatic hydroxyl groups is 1. The topological polar surface area (TPSA) is 94.5 Å². The summed E-state index contributed by atoms with van der Waals surface area (Å²) in [5.74, 6) is 0.262. The quantitative estimate of drug-likeness (QED) is 0.155. The number of likely N-dealkylation sites (tertiary alicyclic amines) is 1. The van der Waals surface area contributed by atoms with Crippen molar-refractivity contribution in [2.24, 2.45) is 0 Å². The van der Waals surface area contributed by atoms with E-state index in [9.17, 15) is 14.7 Å². The summed E-state index contributed by atoms with van der Waals surface area (Å²) in [6.07, 6.45) is 0.532. The van der Waals surface area contributed by atoms with Crippen molar-refractivity contribution in [2.75, 3.05) is 26.9 Å². The maximum atomic E-state index is 13.6. The molecule has 0 bridgehead atoms. The van der Waals surface area contributed by atoms with Crippen LogP contribution < -0.4 is 18.9 Å². The highest BCUT2D eigenvalue weighted by molar-refractivity contribution is 6.46. The van der Waals surface area contributed by atoms with E-state index in [1.807, 2.05) is 60.7 Å². The van der Waals surface area contributed by atoms with Crippen LogP contribution in [-0.2, 0) is 22.6 Å². The summed E-state index contributed by atoms with van der Waals surface area (Å²) in [5, 5.41) is 11.6. The normalized spacial score (nSPS) is 17.1. The predicted octanol–water partition coefficient (Wildman–Crippen LogP) is 5.71. The van der Waals surface area contributed by atoms with Crippen molar-refractivity contribution in [1.29, 1.82) is 0 Å². The van der Waals surface area contributed by atoms with Crippen molar-refractivity contribution in [3.63, 3.8) is 0 Å². The third kappa shape index (κ3) is 5.77. The average Bonchev–Trinajstić information content (AvgIpc) is 3.31. The zero-order valence-corrected chi connectivity index (χ0v) is 23.7. The fraction of sp³-hybridized carbons (Fsp3) is 0.200. The molecule has 218 valence electrons. The third-order valence-electron chi connectivity index (χ3n) is 7.58. The Morgan fingerprint density at radius 3 is 2.26 bits per heavy atom. The van der Waals surface area contributed by atoms with Crippen LogP contribution in [0.25, 0.3) is 5.76 Å². The maximum absolute atomic E-state index is 13.6. The Balaban J connectivity index is 1.39. The van der Waals surface area contributed by atoms with E-state index in [2.05, 4.69) is 0 Å². The molecular formula is C35H31NO7. The highest BCUT2D eigenvalue weighted by Gasteiger charge is 2.46. The molecule has 0 saturated carbocycles. The van der Waals surface area contributed by atoms with Crippen LogP contribution in [0.3, 0.4) is 0 Å². The molecule has 43 heavy (non-hydrogen) atoms. The van der Waals surface area contributed by atoms with E-state index in [1.54, 1.807) is 36.4 Å². The van der Waals surface area contributed by atoms with Crippen LogP contribution in [0.2, 0.25) is 0 Å². The van der Waals surface area contributed by atoms with Gasteiger partial charge in [0.1, 0.15) is 25.6 Å². The van der Waals surface area contributed by atoms with Gasteiger partial charge >= 0.3 is 0 Å². The number of carbonyl (C=O) groups excluding carboxylic acids is 2. The van der Waals surface area contributed by atoms with Gasteiger partial charge in [0.05, 0.1) is 18.7 Å². The van der Waals surface area contributed by atoms with Crippen molar-refractivity contribution in [3.8, 4) is 23.0 Å². The first-order chi connectivity index (χ1) is 21.0. The first-order valence-corrected chi connectivity index (χ1v) is 14.1. The van der Waals surface area contributed by atoms with E-state index in [0.29, 0.717) is 60.4 Å². The van der Waals surface area contributed by atoms with Crippen LogP contribution in [0.1, 0.15) is 28.3 Å². The van der Waals surface area contributed by atoms with E-state index in [-0.39, 0.29) is 17.9 Å². The molecule has 1 unspecified atom stereocenters. The Bertz CT molecular complexity index is 1670. The summed E-state index contributed by atoms with van der Waals surface area (Å²) in [4.78, 5) is 28.6. The molecule has 8 nitrogen and oxygen atoms in total. The lowest BCUT2D eigenvalue weighted by Crippen LogP contribution is -2.31. The van der Waals surface area contributed by atoms with Gasteiger partial charge in [-0.25, -0.2) is 0 Å². The van der Waals surface area contributed by atoms with E-state index in [0.717, 1.165) is 11.1 Å². The van der Waals surface area contributed by atoms with Crippen LogP contribution >= 0.6 is 0 Å². The Kier molecular flexibility index (Phi) is 8.00. The molecule has 1 amide bonds. The number of Topliss-reactive ketones (excluding diaryl/α,β-unsaturated/α-hetero) is 1. The summed E-state index contributed by atoms with van der Waals surface area (Å²) in [5.41, 5.74) is 2.98. The molecule has 1 N–H and O–H groups in total. The van der Waals surface area contributed by atoms with E-state index < -0.39 is 17.7 Å². The number of carbonyl (C=O) groups is 2. The van der Waals surface area contributed by atoms with Gasteiger partial charge in [-0.05, 0) is 53.4 Å². The van der Waals surface area contributed by atoms with Crippen LogP contribution in [0, 0.1) is 0 Å². The molecule has 1 atom stereocenters. The number of amides is 1. The molecule has 0 spiro atoms. The van der Waals surface area contributed by atoms with Crippen LogP contribution in [0.4, 0.5) is 0 Å². The highest BCUT2D eigenvalue weighted by atomic mass is 16.6. The van der Waals surface area contributed by atoms with Crippen molar-refractivity contribution in [2.45, 2.75) is 19.1 Å². The minimum absolute atomic E-state index is 0.00486. The number of ketones is 1. The Morgan fingerprint density at radius 2 is 1.53 bits per heavy atom.